The molecule has 0 unspecified atom stereocenters. The van der Waals surface area contributed by atoms with E-state index in [0.29, 0.717) is 17.2 Å². The van der Waals surface area contributed by atoms with Crippen molar-refractivity contribution in [2.24, 2.45) is 7.05 Å². The van der Waals surface area contributed by atoms with Crippen molar-refractivity contribution in [3.8, 4) is 0 Å². The van der Waals surface area contributed by atoms with Gasteiger partial charge in [-0.25, -0.2) is 4.39 Å². The highest BCUT2D eigenvalue weighted by atomic mass is 19.1. The summed E-state index contributed by atoms with van der Waals surface area (Å²) in [7, 11) is 1.80. The van der Waals surface area contributed by atoms with Gasteiger partial charge in [0.05, 0.1) is 17.1 Å². The SMILES string of the molecule is CCCc1nn(C)c(Nc2c(C)cccc2F)c1N. The van der Waals surface area contributed by atoms with E-state index in [1.807, 2.05) is 13.0 Å². The second-order valence-corrected chi connectivity index (χ2v) is 4.64. The van der Waals surface area contributed by atoms with Crippen LogP contribution in [0.5, 0.6) is 0 Å². The van der Waals surface area contributed by atoms with Gasteiger partial charge in [-0.1, -0.05) is 25.5 Å². The second kappa shape index (κ2) is 5.30. The minimum Gasteiger partial charge on any atom is -0.394 e. The Labute approximate surface area is 112 Å². The lowest BCUT2D eigenvalue weighted by Gasteiger charge is -2.11. The van der Waals surface area contributed by atoms with Crippen LogP contribution in [0.2, 0.25) is 0 Å². The first-order valence-corrected chi connectivity index (χ1v) is 6.38. The molecule has 0 saturated heterocycles. The fraction of sp³-hybridized carbons (Fsp3) is 0.357. The molecular weight excluding hydrogens is 243 g/mol. The normalized spacial score (nSPS) is 10.7. The number of hydrogen-bond donors (Lipinski definition) is 2. The van der Waals surface area contributed by atoms with Crippen LogP contribution in [-0.4, -0.2) is 9.78 Å². The third-order valence-corrected chi connectivity index (χ3v) is 3.11. The Morgan fingerprint density at radius 2 is 2.16 bits per heavy atom. The molecule has 2 aromatic rings. The van der Waals surface area contributed by atoms with Crippen LogP contribution in [-0.2, 0) is 13.5 Å². The molecule has 0 atom stereocenters. The average Bonchev–Trinajstić information content (AvgIpc) is 2.61. The third-order valence-electron chi connectivity index (χ3n) is 3.11. The van der Waals surface area contributed by atoms with Gasteiger partial charge in [0.1, 0.15) is 5.82 Å². The number of halogens is 1. The lowest BCUT2D eigenvalue weighted by Crippen LogP contribution is -2.04. The van der Waals surface area contributed by atoms with E-state index in [-0.39, 0.29) is 5.82 Å². The maximum Gasteiger partial charge on any atom is 0.152 e. The van der Waals surface area contributed by atoms with Crippen LogP contribution >= 0.6 is 0 Å². The van der Waals surface area contributed by atoms with Crippen LogP contribution in [0.25, 0.3) is 0 Å². The van der Waals surface area contributed by atoms with E-state index in [1.165, 1.54) is 6.07 Å². The minimum atomic E-state index is -0.294. The molecule has 0 spiro atoms. The Morgan fingerprint density at radius 3 is 2.79 bits per heavy atom. The highest BCUT2D eigenvalue weighted by Gasteiger charge is 2.15. The van der Waals surface area contributed by atoms with Crippen LogP contribution in [0.4, 0.5) is 21.6 Å². The third kappa shape index (κ3) is 2.54. The summed E-state index contributed by atoms with van der Waals surface area (Å²) in [5.74, 6) is 0.342. The smallest absolute Gasteiger partial charge is 0.152 e. The topological polar surface area (TPSA) is 55.9 Å². The van der Waals surface area contributed by atoms with Crippen molar-refractivity contribution in [1.29, 1.82) is 0 Å². The molecule has 0 saturated carbocycles. The Morgan fingerprint density at radius 1 is 1.42 bits per heavy atom. The van der Waals surface area contributed by atoms with E-state index in [4.69, 9.17) is 5.73 Å². The number of nitrogens with zero attached hydrogens (tertiary/aromatic N) is 2. The Hall–Kier alpha value is -2.04. The summed E-state index contributed by atoms with van der Waals surface area (Å²) in [4.78, 5) is 0. The molecule has 0 fully saturated rings. The summed E-state index contributed by atoms with van der Waals surface area (Å²) in [6.45, 7) is 3.92. The zero-order valence-electron chi connectivity index (χ0n) is 11.5. The number of rotatable bonds is 4. The molecule has 5 heteroatoms. The summed E-state index contributed by atoms with van der Waals surface area (Å²) in [6, 6.07) is 4.96. The number of hydrogen-bond acceptors (Lipinski definition) is 3. The van der Waals surface area contributed by atoms with Crippen LogP contribution in [0.15, 0.2) is 18.2 Å². The number of aromatic nitrogens is 2. The van der Waals surface area contributed by atoms with Crippen LogP contribution in [0.3, 0.4) is 0 Å². The van der Waals surface area contributed by atoms with Crippen LogP contribution in [0, 0.1) is 12.7 Å². The van der Waals surface area contributed by atoms with Gasteiger partial charge < -0.3 is 11.1 Å². The molecule has 4 nitrogen and oxygen atoms in total. The van der Waals surface area contributed by atoms with Crippen molar-refractivity contribution in [3.63, 3.8) is 0 Å². The largest absolute Gasteiger partial charge is 0.394 e. The number of aryl methyl sites for hydroxylation is 3. The molecule has 1 aromatic heterocycles. The zero-order chi connectivity index (χ0) is 14.0. The van der Waals surface area contributed by atoms with Gasteiger partial charge in [0, 0.05) is 7.05 Å². The lowest BCUT2D eigenvalue weighted by atomic mass is 10.2. The quantitative estimate of drug-likeness (QED) is 0.890. The lowest BCUT2D eigenvalue weighted by molar-refractivity contribution is 0.630. The number of para-hydroxylation sites is 1. The maximum atomic E-state index is 13.8. The maximum absolute atomic E-state index is 13.8. The molecule has 1 aromatic carbocycles. The zero-order valence-corrected chi connectivity index (χ0v) is 11.5. The van der Waals surface area contributed by atoms with Crippen molar-refractivity contribution >= 4 is 17.2 Å². The molecule has 0 aliphatic carbocycles. The molecule has 0 amide bonds. The Balaban J connectivity index is 2.38. The molecule has 0 radical (unpaired) electrons. The highest BCUT2D eigenvalue weighted by molar-refractivity contribution is 5.72. The first kappa shape index (κ1) is 13.4. The van der Waals surface area contributed by atoms with Crippen molar-refractivity contribution < 1.29 is 4.39 Å². The van der Waals surface area contributed by atoms with Gasteiger partial charge in [-0.3, -0.25) is 4.68 Å². The van der Waals surface area contributed by atoms with E-state index < -0.39 is 0 Å². The molecule has 2 rings (SSSR count). The average molecular weight is 262 g/mol. The number of nitrogens with two attached hydrogens (primary N) is 1. The fourth-order valence-electron chi connectivity index (χ4n) is 2.07. The number of anilines is 3. The van der Waals surface area contributed by atoms with Crippen LogP contribution in [0.1, 0.15) is 24.6 Å². The van der Waals surface area contributed by atoms with Gasteiger partial charge in [-0.15, -0.1) is 0 Å². The molecule has 3 N–H and O–H groups in total. The van der Waals surface area contributed by atoms with Gasteiger partial charge in [0.25, 0.3) is 0 Å². The predicted molar refractivity (Wildman–Crippen MR) is 76.0 cm³/mol. The number of nitrogen functional groups attached to an aromatic ring is 1. The van der Waals surface area contributed by atoms with E-state index in [2.05, 4.69) is 17.3 Å². The molecule has 19 heavy (non-hydrogen) atoms. The first-order chi connectivity index (χ1) is 9.04. The summed E-state index contributed by atoms with van der Waals surface area (Å²) < 4.78 is 15.5. The number of nitrogens with one attached hydrogen (secondary N) is 1. The fourth-order valence-corrected chi connectivity index (χ4v) is 2.07. The summed E-state index contributed by atoms with van der Waals surface area (Å²) in [6.07, 6.45) is 1.79. The predicted octanol–water partition coefficient (Wildman–Crippen LogP) is 3.15. The summed E-state index contributed by atoms with van der Waals surface area (Å²) >= 11 is 0. The van der Waals surface area contributed by atoms with Crippen molar-refractivity contribution in [1.82, 2.24) is 9.78 Å². The van der Waals surface area contributed by atoms with Gasteiger partial charge in [-0.2, -0.15) is 5.10 Å². The molecule has 102 valence electrons. The van der Waals surface area contributed by atoms with Crippen LogP contribution < -0.4 is 11.1 Å². The van der Waals surface area contributed by atoms with Crippen molar-refractivity contribution in [3.05, 3.63) is 35.3 Å². The molecular formula is C14H19FN4. The van der Waals surface area contributed by atoms with Gasteiger partial charge in [0.2, 0.25) is 0 Å². The second-order valence-electron chi connectivity index (χ2n) is 4.64. The summed E-state index contributed by atoms with van der Waals surface area (Å²) in [5.41, 5.74) is 8.78. The van der Waals surface area contributed by atoms with Gasteiger partial charge in [-0.05, 0) is 25.0 Å². The van der Waals surface area contributed by atoms with E-state index in [9.17, 15) is 4.39 Å². The van der Waals surface area contributed by atoms with Crippen molar-refractivity contribution in [2.45, 2.75) is 26.7 Å². The van der Waals surface area contributed by atoms with E-state index in [1.54, 1.807) is 17.8 Å². The van der Waals surface area contributed by atoms with E-state index >= 15 is 0 Å². The summed E-state index contributed by atoms with van der Waals surface area (Å²) in [5, 5.41) is 7.42. The van der Waals surface area contributed by atoms with E-state index in [0.717, 1.165) is 24.1 Å². The molecule has 1 heterocycles. The molecule has 0 bridgehead atoms. The minimum absolute atomic E-state index is 0.294. The van der Waals surface area contributed by atoms with Gasteiger partial charge >= 0.3 is 0 Å². The highest BCUT2D eigenvalue weighted by Crippen LogP contribution is 2.29. The monoisotopic (exact) mass is 262 g/mol. The first-order valence-electron chi connectivity index (χ1n) is 6.38. The van der Waals surface area contributed by atoms with Crippen molar-refractivity contribution in [2.75, 3.05) is 11.1 Å². The number of benzene rings is 1. The standard InChI is InChI=1S/C14H19FN4/c1-4-6-11-12(16)14(19(3)18-11)17-13-9(2)7-5-8-10(13)15/h5,7-8,17H,4,6,16H2,1-3H3. The Kier molecular flexibility index (Phi) is 3.74. The molecule has 0 aliphatic heterocycles. The van der Waals surface area contributed by atoms with Gasteiger partial charge in [0.15, 0.2) is 5.82 Å². The Bertz CT molecular complexity index is 569. The molecule has 0 aliphatic rings.